The number of benzene rings is 3. The van der Waals surface area contributed by atoms with Crippen LogP contribution in [0.3, 0.4) is 0 Å². The summed E-state index contributed by atoms with van der Waals surface area (Å²) in [4.78, 5) is 11.1. The summed E-state index contributed by atoms with van der Waals surface area (Å²) in [6.45, 7) is 1.90. The molecular formula is C21H17NO3S. The highest BCUT2D eigenvalue weighted by Crippen LogP contribution is 2.27. The molecule has 0 aliphatic heterocycles. The Kier molecular flexibility index (Phi) is 5.09. The fraction of sp³-hybridized carbons (Fsp3) is 0.0476. The third kappa shape index (κ3) is 3.95. The molecule has 5 heteroatoms. The van der Waals surface area contributed by atoms with Crippen LogP contribution in [0.15, 0.2) is 82.1 Å². The number of aldehydes is 1. The second-order valence-corrected chi connectivity index (χ2v) is 7.47. The number of hydrogen-bond acceptors (Lipinski definition) is 3. The van der Waals surface area contributed by atoms with E-state index in [9.17, 15) is 13.2 Å². The van der Waals surface area contributed by atoms with Crippen molar-refractivity contribution in [1.29, 1.82) is 0 Å². The molecule has 130 valence electrons. The van der Waals surface area contributed by atoms with Gasteiger partial charge < -0.3 is 0 Å². The Hall–Kier alpha value is -3.05. The molecule has 0 aliphatic rings. The number of aryl methyl sites for hydroxylation is 1. The fourth-order valence-electron chi connectivity index (χ4n) is 2.58. The summed E-state index contributed by atoms with van der Waals surface area (Å²) >= 11 is 0. The fourth-order valence-corrected chi connectivity index (χ4v) is 3.47. The minimum atomic E-state index is -3.82. The van der Waals surface area contributed by atoms with E-state index in [4.69, 9.17) is 0 Å². The van der Waals surface area contributed by atoms with Crippen LogP contribution in [0.25, 0.3) is 11.1 Å². The predicted octanol–water partition coefficient (Wildman–Crippen LogP) is 4.28. The molecule has 0 saturated heterocycles. The summed E-state index contributed by atoms with van der Waals surface area (Å²) in [7, 11) is -3.82. The number of nitrogens with zero attached hydrogens (tertiary/aromatic N) is 1. The van der Waals surface area contributed by atoms with Gasteiger partial charge in [-0.05, 0) is 47.4 Å². The SMILES string of the molecule is Cc1ccc(S(=O)(=O)N=Cc2ccccc2)cc1-c1cccc(C=O)c1. The van der Waals surface area contributed by atoms with Crippen LogP contribution in [0.2, 0.25) is 0 Å². The Morgan fingerprint density at radius 2 is 1.58 bits per heavy atom. The Morgan fingerprint density at radius 3 is 2.31 bits per heavy atom. The number of rotatable bonds is 5. The van der Waals surface area contributed by atoms with Crippen LogP contribution in [-0.2, 0) is 10.0 Å². The van der Waals surface area contributed by atoms with Gasteiger partial charge in [0.15, 0.2) is 0 Å². The molecule has 0 heterocycles. The first-order valence-corrected chi connectivity index (χ1v) is 9.45. The van der Waals surface area contributed by atoms with Gasteiger partial charge in [-0.2, -0.15) is 12.8 Å². The predicted molar refractivity (Wildman–Crippen MR) is 103 cm³/mol. The summed E-state index contributed by atoms with van der Waals surface area (Å²) in [5.74, 6) is 0. The maximum Gasteiger partial charge on any atom is 0.282 e. The van der Waals surface area contributed by atoms with E-state index in [0.29, 0.717) is 11.1 Å². The van der Waals surface area contributed by atoms with E-state index in [1.54, 1.807) is 48.5 Å². The van der Waals surface area contributed by atoms with Crippen LogP contribution in [0.1, 0.15) is 21.5 Å². The Bertz CT molecular complexity index is 1070. The lowest BCUT2D eigenvalue weighted by Gasteiger charge is -2.09. The number of carbonyl (C=O) groups is 1. The minimum absolute atomic E-state index is 0.113. The number of sulfonamides is 1. The van der Waals surface area contributed by atoms with E-state index in [2.05, 4.69) is 4.40 Å². The highest BCUT2D eigenvalue weighted by atomic mass is 32.2. The molecular weight excluding hydrogens is 346 g/mol. The van der Waals surface area contributed by atoms with Gasteiger partial charge in [-0.15, -0.1) is 0 Å². The van der Waals surface area contributed by atoms with Crippen molar-refractivity contribution >= 4 is 22.5 Å². The molecule has 0 N–H and O–H groups in total. The molecule has 3 rings (SSSR count). The molecule has 0 atom stereocenters. The molecule has 0 unspecified atom stereocenters. The standard InChI is InChI=1S/C21H17NO3S/c1-16-10-11-20(13-21(16)19-9-5-8-18(12-19)15-23)26(24,25)22-14-17-6-3-2-4-7-17/h2-15H,1H3. The first-order chi connectivity index (χ1) is 12.5. The van der Waals surface area contributed by atoms with Crippen LogP contribution in [0.4, 0.5) is 0 Å². The Balaban J connectivity index is 2.01. The lowest BCUT2D eigenvalue weighted by atomic mass is 9.99. The molecule has 0 bridgehead atoms. The van der Waals surface area contributed by atoms with Crippen molar-refractivity contribution in [3.05, 3.63) is 89.5 Å². The van der Waals surface area contributed by atoms with E-state index in [0.717, 1.165) is 23.0 Å². The maximum atomic E-state index is 12.6. The van der Waals surface area contributed by atoms with Crippen molar-refractivity contribution in [1.82, 2.24) is 0 Å². The zero-order valence-electron chi connectivity index (χ0n) is 14.2. The molecule has 26 heavy (non-hydrogen) atoms. The summed E-state index contributed by atoms with van der Waals surface area (Å²) in [5, 5.41) is 0. The quantitative estimate of drug-likeness (QED) is 0.502. The topological polar surface area (TPSA) is 63.6 Å². The summed E-state index contributed by atoms with van der Waals surface area (Å²) in [6.07, 6.45) is 2.10. The van der Waals surface area contributed by atoms with Gasteiger partial charge in [0.1, 0.15) is 6.29 Å². The Morgan fingerprint density at radius 1 is 0.846 bits per heavy atom. The molecule has 0 aliphatic carbocycles. The first kappa shape index (κ1) is 17.8. The van der Waals surface area contributed by atoms with Gasteiger partial charge in [0.05, 0.1) is 4.90 Å². The lowest BCUT2D eigenvalue weighted by molar-refractivity contribution is 0.112. The number of hydrogen-bond donors (Lipinski definition) is 0. The monoisotopic (exact) mass is 363 g/mol. The van der Waals surface area contributed by atoms with Crippen molar-refractivity contribution in [3.8, 4) is 11.1 Å². The normalized spacial score (nSPS) is 11.6. The van der Waals surface area contributed by atoms with E-state index in [1.807, 2.05) is 31.2 Å². The van der Waals surface area contributed by atoms with Gasteiger partial charge in [0.2, 0.25) is 0 Å². The molecule has 0 fully saturated rings. The molecule has 0 saturated carbocycles. The van der Waals surface area contributed by atoms with Crippen LogP contribution in [0.5, 0.6) is 0 Å². The van der Waals surface area contributed by atoms with Crippen molar-refractivity contribution in [3.63, 3.8) is 0 Å². The van der Waals surface area contributed by atoms with Gasteiger partial charge in [-0.25, -0.2) is 0 Å². The summed E-state index contributed by atoms with van der Waals surface area (Å²) in [6, 6.07) is 21.0. The number of carbonyl (C=O) groups excluding carboxylic acids is 1. The zero-order valence-corrected chi connectivity index (χ0v) is 15.0. The van der Waals surface area contributed by atoms with E-state index in [1.165, 1.54) is 6.21 Å². The largest absolute Gasteiger partial charge is 0.298 e. The van der Waals surface area contributed by atoms with Crippen LogP contribution in [-0.4, -0.2) is 20.9 Å². The molecule has 4 nitrogen and oxygen atoms in total. The van der Waals surface area contributed by atoms with E-state index in [-0.39, 0.29) is 4.90 Å². The van der Waals surface area contributed by atoms with Gasteiger partial charge in [0.25, 0.3) is 10.0 Å². The van der Waals surface area contributed by atoms with Gasteiger partial charge >= 0.3 is 0 Å². The van der Waals surface area contributed by atoms with Crippen LogP contribution < -0.4 is 0 Å². The molecule has 0 aromatic heterocycles. The molecule has 0 spiro atoms. The average molecular weight is 363 g/mol. The maximum absolute atomic E-state index is 12.6. The highest BCUT2D eigenvalue weighted by molar-refractivity contribution is 7.90. The van der Waals surface area contributed by atoms with Gasteiger partial charge in [-0.3, -0.25) is 4.79 Å². The molecule has 0 radical (unpaired) electrons. The van der Waals surface area contributed by atoms with Crippen molar-refractivity contribution in [2.45, 2.75) is 11.8 Å². The smallest absolute Gasteiger partial charge is 0.282 e. The van der Waals surface area contributed by atoms with Gasteiger partial charge in [0, 0.05) is 11.8 Å². The first-order valence-electron chi connectivity index (χ1n) is 8.01. The zero-order chi connectivity index (χ0) is 18.6. The minimum Gasteiger partial charge on any atom is -0.298 e. The second-order valence-electron chi connectivity index (χ2n) is 5.84. The second kappa shape index (κ2) is 7.45. The lowest BCUT2D eigenvalue weighted by Crippen LogP contribution is -1.99. The molecule has 3 aromatic rings. The highest BCUT2D eigenvalue weighted by Gasteiger charge is 2.14. The average Bonchev–Trinajstić information content (AvgIpc) is 2.67. The van der Waals surface area contributed by atoms with E-state index < -0.39 is 10.0 Å². The Labute approximate surface area is 152 Å². The van der Waals surface area contributed by atoms with Crippen molar-refractivity contribution in [2.24, 2.45) is 4.40 Å². The van der Waals surface area contributed by atoms with Crippen molar-refractivity contribution in [2.75, 3.05) is 0 Å². The molecule has 3 aromatic carbocycles. The van der Waals surface area contributed by atoms with Crippen molar-refractivity contribution < 1.29 is 13.2 Å². The van der Waals surface area contributed by atoms with Gasteiger partial charge in [-0.1, -0.05) is 54.6 Å². The summed E-state index contributed by atoms with van der Waals surface area (Å²) in [5.41, 5.74) is 3.71. The van der Waals surface area contributed by atoms with Crippen LogP contribution >= 0.6 is 0 Å². The molecule has 0 amide bonds. The third-order valence-corrected chi connectivity index (χ3v) is 5.21. The third-order valence-electron chi connectivity index (χ3n) is 3.98. The van der Waals surface area contributed by atoms with E-state index >= 15 is 0 Å². The summed E-state index contributed by atoms with van der Waals surface area (Å²) < 4.78 is 28.9. The van der Waals surface area contributed by atoms with Crippen LogP contribution in [0, 0.1) is 6.92 Å².